The number of hydrogen-bond donors (Lipinski definition) is 1. The predicted octanol–water partition coefficient (Wildman–Crippen LogP) is 3.17. The molecule has 1 aliphatic heterocycles. The Balaban J connectivity index is 1.81. The third kappa shape index (κ3) is 3.36. The van der Waals surface area contributed by atoms with E-state index in [1.165, 1.54) is 0 Å². The van der Waals surface area contributed by atoms with Gasteiger partial charge in [-0.3, -0.25) is 14.3 Å². The van der Waals surface area contributed by atoms with Gasteiger partial charge >= 0.3 is 5.97 Å². The van der Waals surface area contributed by atoms with Crippen LogP contribution in [-0.2, 0) is 16.8 Å². The molecule has 144 valence electrons. The van der Waals surface area contributed by atoms with E-state index in [9.17, 15) is 14.7 Å². The highest BCUT2D eigenvalue weighted by molar-refractivity contribution is 5.96. The van der Waals surface area contributed by atoms with Crippen LogP contribution in [0, 0.1) is 13.8 Å². The monoisotopic (exact) mass is 369 g/mol. The van der Waals surface area contributed by atoms with Crippen LogP contribution in [0.5, 0.6) is 0 Å². The number of benzene rings is 1. The van der Waals surface area contributed by atoms with E-state index < -0.39 is 11.4 Å². The van der Waals surface area contributed by atoms with Crippen molar-refractivity contribution < 1.29 is 14.7 Å². The van der Waals surface area contributed by atoms with E-state index in [2.05, 4.69) is 12.0 Å². The summed E-state index contributed by atoms with van der Waals surface area (Å²) in [6.07, 6.45) is 1.79. The molecule has 0 atom stereocenters. The van der Waals surface area contributed by atoms with Gasteiger partial charge in [0.15, 0.2) is 0 Å². The maximum absolute atomic E-state index is 13.1. The zero-order chi connectivity index (χ0) is 19.6. The van der Waals surface area contributed by atoms with E-state index in [1.54, 1.807) is 4.90 Å². The van der Waals surface area contributed by atoms with E-state index in [0.29, 0.717) is 31.5 Å². The first kappa shape index (κ1) is 19.1. The average Bonchev–Trinajstić information content (AvgIpc) is 2.95. The number of aromatic nitrogens is 2. The largest absolute Gasteiger partial charge is 0.481 e. The van der Waals surface area contributed by atoms with Crippen LogP contribution in [0.15, 0.2) is 30.3 Å². The number of nitrogens with zero attached hydrogens (tertiary/aromatic N) is 3. The minimum atomic E-state index is -0.922. The third-order valence-electron chi connectivity index (χ3n) is 5.67. The number of rotatable bonds is 5. The van der Waals surface area contributed by atoms with Crippen LogP contribution < -0.4 is 0 Å². The van der Waals surface area contributed by atoms with Gasteiger partial charge in [0, 0.05) is 25.3 Å². The van der Waals surface area contributed by atoms with Crippen molar-refractivity contribution in [2.24, 2.45) is 0 Å². The summed E-state index contributed by atoms with van der Waals surface area (Å²) in [5.74, 6) is -0.858. The van der Waals surface area contributed by atoms with Crippen molar-refractivity contribution in [1.82, 2.24) is 14.7 Å². The number of carbonyl (C=O) groups is 2. The van der Waals surface area contributed by atoms with Gasteiger partial charge in [-0.05, 0) is 38.7 Å². The first-order valence-electron chi connectivity index (χ1n) is 9.53. The number of carboxylic acids is 1. The van der Waals surface area contributed by atoms with E-state index in [-0.39, 0.29) is 5.91 Å². The van der Waals surface area contributed by atoms with Crippen LogP contribution in [0.25, 0.3) is 0 Å². The first-order valence-corrected chi connectivity index (χ1v) is 9.53. The molecule has 3 rings (SSSR count). The van der Waals surface area contributed by atoms with Crippen LogP contribution in [0.2, 0.25) is 0 Å². The van der Waals surface area contributed by atoms with Gasteiger partial charge in [0.25, 0.3) is 5.91 Å². The molecule has 1 N–H and O–H groups in total. The van der Waals surface area contributed by atoms with Crippen LogP contribution in [-0.4, -0.2) is 44.8 Å². The Bertz CT molecular complexity index is 834. The maximum atomic E-state index is 13.1. The summed E-state index contributed by atoms with van der Waals surface area (Å²) in [5.41, 5.74) is 2.18. The molecule has 27 heavy (non-hydrogen) atoms. The molecule has 1 amide bonds. The van der Waals surface area contributed by atoms with Gasteiger partial charge in [-0.1, -0.05) is 37.3 Å². The normalized spacial score (nSPS) is 16.3. The molecule has 0 radical (unpaired) electrons. The van der Waals surface area contributed by atoms with Crippen LogP contribution in [0.4, 0.5) is 0 Å². The Labute approximate surface area is 159 Å². The van der Waals surface area contributed by atoms with Crippen molar-refractivity contribution in [3.05, 3.63) is 52.8 Å². The van der Waals surface area contributed by atoms with Gasteiger partial charge in [0.05, 0.1) is 16.7 Å². The molecule has 1 saturated heterocycles. The second kappa shape index (κ2) is 7.55. The molecule has 1 aliphatic rings. The SMILES string of the molecule is CCCn1nc(C)c(C(=O)N2CCC(C(=O)O)(c3ccccc3)CC2)c1C. The van der Waals surface area contributed by atoms with Gasteiger partial charge < -0.3 is 10.0 Å². The fourth-order valence-electron chi connectivity index (χ4n) is 4.07. The summed E-state index contributed by atoms with van der Waals surface area (Å²) in [6.45, 7) is 7.52. The number of hydrogen-bond acceptors (Lipinski definition) is 3. The first-order chi connectivity index (χ1) is 12.9. The lowest BCUT2D eigenvalue weighted by Crippen LogP contribution is -2.49. The van der Waals surface area contributed by atoms with Crippen LogP contribution in [0.3, 0.4) is 0 Å². The zero-order valence-electron chi connectivity index (χ0n) is 16.2. The quantitative estimate of drug-likeness (QED) is 0.878. The lowest BCUT2D eigenvalue weighted by Gasteiger charge is -2.39. The van der Waals surface area contributed by atoms with Gasteiger partial charge in [0.2, 0.25) is 0 Å². The van der Waals surface area contributed by atoms with Gasteiger partial charge in [-0.2, -0.15) is 5.10 Å². The fraction of sp³-hybridized carbons (Fsp3) is 0.476. The molecule has 0 unspecified atom stereocenters. The third-order valence-corrected chi connectivity index (χ3v) is 5.67. The van der Waals surface area contributed by atoms with Crippen molar-refractivity contribution in [2.45, 2.75) is 52.0 Å². The summed E-state index contributed by atoms with van der Waals surface area (Å²) in [7, 11) is 0. The highest BCUT2D eigenvalue weighted by atomic mass is 16.4. The molecule has 0 spiro atoms. The number of likely N-dealkylation sites (tertiary alicyclic amines) is 1. The molecular formula is C21H27N3O3. The highest BCUT2D eigenvalue weighted by Gasteiger charge is 2.44. The van der Waals surface area contributed by atoms with E-state index >= 15 is 0 Å². The smallest absolute Gasteiger partial charge is 0.314 e. The predicted molar refractivity (Wildman–Crippen MR) is 103 cm³/mol. The molecule has 0 saturated carbocycles. The Morgan fingerprint density at radius 3 is 2.33 bits per heavy atom. The summed E-state index contributed by atoms with van der Waals surface area (Å²) < 4.78 is 1.89. The summed E-state index contributed by atoms with van der Waals surface area (Å²) in [6, 6.07) is 9.36. The molecular weight excluding hydrogens is 342 g/mol. The van der Waals surface area contributed by atoms with Gasteiger partial charge in [0.1, 0.15) is 0 Å². The lowest BCUT2D eigenvalue weighted by molar-refractivity contribution is -0.145. The molecule has 0 bridgehead atoms. The number of aryl methyl sites for hydroxylation is 2. The number of aliphatic carboxylic acids is 1. The number of piperidine rings is 1. The van der Waals surface area contributed by atoms with Crippen molar-refractivity contribution in [1.29, 1.82) is 0 Å². The van der Waals surface area contributed by atoms with E-state index in [4.69, 9.17) is 0 Å². The molecule has 6 heteroatoms. The Hall–Kier alpha value is -2.63. The average molecular weight is 369 g/mol. The minimum absolute atomic E-state index is 0.0422. The van der Waals surface area contributed by atoms with E-state index in [1.807, 2.05) is 48.9 Å². The fourth-order valence-corrected chi connectivity index (χ4v) is 4.07. The van der Waals surface area contributed by atoms with Gasteiger partial charge in [-0.25, -0.2) is 0 Å². The van der Waals surface area contributed by atoms with Gasteiger partial charge in [-0.15, -0.1) is 0 Å². The molecule has 6 nitrogen and oxygen atoms in total. The van der Waals surface area contributed by atoms with Crippen molar-refractivity contribution in [2.75, 3.05) is 13.1 Å². The van der Waals surface area contributed by atoms with Crippen LogP contribution >= 0.6 is 0 Å². The highest BCUT2D eigenvalue weighted by Crippen LogP contribution is 2.36. The summed E-state index contributed by atoms with van der Waals surface area (Å²) in [5, 5.41) is 14.4. The molecule has 0 aliphatic carbocycles. The summed E-state index contributed by atoms with van der Waals surface area (Å²) in [4.78, 5) is 27.0. The maximum Gasteiger partial charge on any atom is 0.314 e. The number of carboxylic acid groups (broad SMARTS) is 1. The van der Waals surface area contributed by atoms with Crippen LogP contribution in [0.1, 0.15) is 53.5 Å². The van der Waals surface area contributed by atoms with E-state index in [0.717, 1.165) is 29.9 Å². The Morgan fingerprint density at radius 2 is 1.78 bits per heavy atom. The second-order valence-corrected chi connectivity index (χ2v) is 7.31. The summed E-state index contributed by atoms with van der Waals surface area (Å²) >= 11 is 0. The topological polar surface area (TPSA) is 75.4 Å². The molecule has 2 aromatic rings. The lowest BCUT2D eigenvalue weighted by atomic mass is 9.72. The zero-order valence-corrected chi connectivity index (χ0v) is 16.2. The minimum Gasteiger partial charge on any atom is -0.481 e. The molecule has 1 aromatic heterocycles. The van der Waals surface area contributed by atoms with Crippen molar-refractivity contribution in [3.8, 4) is 0 Å². The standard InChI is InChI=1S/C21H27N3O3/c1-4-12-24-16(3)18(15(2)22-24)19(25)23-13-10-21(11-14-23,20(26)27)17-8-6-5-7-9-17/h5-9H,4,10-14H2,1-3H3,(H,26,27). The molecule has 1 fully saturated rings. The number of amides is 1. The number of carbonyl (C=O) groups excluding carboxylic acids is 1. The molecule has 2 heterocycles. The second-order valence-electron chi connectivity index (χ2n) is 7.31. The van der Waals surface area contributed by atoms with Crippen molar-refractivity contribution >= 4 is 11.9 Å². The molecule has 1 aromatic carbocycles. The van der Waals surface area contributed by atoms with Crippen molar-refractivity contribution in [3.63, 3.8) is 0 Å². The Morgan fingerprint density at radius 1 is 1.15 bits per heavy atom. The Kier molecular flexibility index (Phi) is 5.35.